The molecule has 2 nitrogen and oxygen atoms in total. The van der Waals surface area contributed by atoms with Gasteiger partial charge >= 0.3 is 0 Å². The Kier molecular flexibility index (Phi) is 5.22. The molecule has 1 atom stereocenters. The molecule has 0 amide bonds. The van der Waals surface area contributed by atoms with Crippen molar-refractivity contribution in [1.29, 1.82) is 0 Å². The third-order valence-corrected chi connectivity index (χ3v) is 4.33. The predicted molar refractivity (Wildman–Crippen MR) is 82.9 cm³/mol. The first kappa shape index (κ1) is 15.5. The number of aliphatic hydroxyl groups excluding tert-OH is 1. The van der Waals surface area contributed by atoms with Crippen LogP contribution in [0.15, 0.2) is 24.3 Å². The molecule has 1 unspecified atom stereocenters. The fourth-order valence-electron chi connectivity index (χ4n) is 2.53. The molecule has 2 heteroatoms. The van der Waals surface area contributed by atoms with Crippen molar-refractivity contribution in [2.75, 3.05) is 13.2 Å². The summed E-state index contributed by atoms with van der Waals surface area (Å²) in [6, 6.07) is 8.24. The average Bonchev–Trinajstić information content (AvgIpc) is 2.35. The van der Waals surface area contributed by atoms with Gasteiger partial charge in [0.1, 0.15) is 6.10 Å². The van der Waals surface area contributed by atoms with Crippen molar-refractivity contribution in [3.63, 3.8) is 0 Å². The Balaban J connectivity index is 1.75. The molecule has 20 heavy (non-hydrogen) atoms. The van der Waals surface area contributed by atoms with Crippen LogP contribution in [0.25, 0.3) is 0 Å². The third kappa shape index (κ3) is 4.32. The van der Waals surface area contributed by atoms with Crippen molar-refractivity contribution < 1.29 is 9.84 Å². The molecule has 0 spiro atoms. The second kappa shape index (κ2) is 6.73. The minimum atomic E-state index is -0.509. The van der Waals surface area contributed by atoms with Gasteiger partial charge in [0.25, 0.3) is 0 Å². The van der Waals surface area contributed by atoms with Crippen molar-refractivity contribution in [2.24, 2.45) is 5.92 Å². The zero-order valence-corrected chi connectivity index (χ0v) is 13.1. The van der Waals surface area contributed by atoms with Crippen LogP contribution < -0.4 is 0 Å². The van der Waals surface area contributed by atoms with Gasteiger partial charge < -0.3 is 9.84 Å². The van der Waals surface area contributed by atoms with Crippen LogP contribution in [0.5, 0.6) is 0 Å². The molecule has 1 fully saturated rings. The molecule has 0 radical (unpaired) electrons. The molecule has 1 aromatic rings. The number of hydrogen-bond acceptors (Lipinski definition) is 2. The van der Waals surface area contributed by atoms with Gasteiger partial charge in [0.05, 0.1) is 6.61 Å². The van der Waals surface area contributed by atoms with E-state index in [1.807, 2.05) is 12.1 Å². The lowest BCUT2D eigenvalue weighted by atomic mass is 9.83. The van der Waals surface area contributed by atoms with Gasteiger partial charge in [0.15, 0.2) is 0 Å². The van der Waals surface area contributed by atoms with Crippen LogP contribution in [-0.2, 0) is 10.2 Å². The highest BCUT2D eigenvalue weighted by molar-refractivity contribution is 5.28. The average molecular weight is 276 g/mol. The van der Waals surface area contributed by atoms with Crippen LogP contribution in [0.3, 0.4) is 0 Å². The van der Waals surface area contributed by atoms with Gasteiger partial charge in [-0.1, -0.05) is 64.3 Å². The molecule has 1 aliphatic carbocycles. The molecule has 0 aromatic heterocycles. The number of hydrogen-bond donors (Lipinski definition) is 1. The lowest BCUT2D eigenvalue weighted by Crippen LogP contribution is -2.15. The van der Waals surface area contributed by atoms with Gasteiger partial charge in [-0.25, -0.2) is 0 Å². The highest BCUT2D eigenvalue weighted by Crippen LogP contribution is 2.29. The van der Waals surface area contributed by atoms with E-state index < -0.39 is 6.10 Å². The summed E-state index contributed by atoms with van der Waals surface area (Å²) in [6.45, 7) is 7.77. The Labute approximate surface area is 123 Å². The Hall–Kier alpha value is -0.860. The van der Waals surface area contributed by atoms with Gasteiger partial charge in [-0.2, -0.15) is 0 Å². The van der Waals surface area contributed by atoms with E-state index in [1.54, 1.807) is 0 Å². The van der Waals surface area contributed by atoms with Crippen LogP contribution in [0.4, 0.5) is 0 Å². The summed E-state index contributed by atoms with van der Waals surface area (Å²) < 4.78 is 5.60. The summed E-state index contributed by atoms with van der Waals surface area (Å²) in [7, 11) is 0. The first-order chi connectivity index (χ1) is 9.47. The van der Waals surface area contributed by atoms with E-state index >= 15 is 0 Å². The number of ether oxygens (including phenoxy) is 1. The second-order valence-corrected chi connectivity index (χ2v) is 7.05. The Morgan fingerprint density at radius 3 is 2.35 bits per heavy atom. The number of benzene rings is 1. The molecule has 112 valence electrons. The van der Waals surface area contributed by atoms with Crippen LogP contribution in [0.1, 0.15) is 63.7 Å². The SMILES string of the molecule is CC(C)(C)c1ccc(C(O)COCCC2CCC2)cc1. The standard InChI is InChI=1S/C18H28O2/c1-18(2,3)16-9-7-15(8-10-16)17(19)13-20-12-11-14-5-4-6-14/h7-10,14,17,19H,4-6,11-13H2,1-3H3. The summed E-state index contributed by atoms with van der Waals surface area (Å²) in [5, 5.41) is 10.1. The maximum Gasteiger partial charge on any atom is 0.102 e. The second-order valence-electron chi connectivity index (χ2n) is 7.05. The first-order valence-corrected chi connectivity index (χ1v) is 7.83. The quantitative estimate of drug-likeness (QED) is 0.788. The summed E-state index contributed by atoms with van der Waals surface area (Å²) in [5.74, 6) is 0.873. The minimum absolute atomic E-state index is 0.156. The smallest absolute Gasteiger partial charge is 0.102 e. The maximum atomic E-state index is 10.1. The lowest BCUT2D eigenvalue weighted by molar-refractivity contribution is 0.0266. The molecule has 1 aromatic carbocycles. The molecule has 0 heterocycles. The summed E-state index contributed by atoms with van der Waals surface area (Å²) in [6.07, 6.45) is 4.74. The van der Waals surface area contributed by atoms with Crippen LogP contribution >= 0.6 is 0 Å². The molecule has 0 bridgehead atoms. The summed E-state index contributed by atoms with van der Waals surface area (Å²) in [5.41, 5.74) is 2.39. The van der Waals surface area contributed by atoms with Gasteiger partial charge in [0, 0.05) is 6.61 Å². The van der Waals surface area contributed by atoms with Crippen LogP contribution in [0.2, 0.25) is 0 Å². The predicted octanol–water partition coefficient (Wildman–Crippen LogP) is 4.22. The first-order valence-electron chi connectivity index (χ1n) is 7.83. The van der Waals surface area contributed by atoms with E-state index in [0.29, 0.717) is 6.61 Å². The van der Waals surface area contributed by atoms with Crippen LogP contribution in [-0.4, -0.2) is 18.3 Å². The largest absolute Gasteiger partial charge is 0.386 e. The Morgan fingerprint density at radius 1 is 1.20 bits per heavy atom. The van der Waals surface area contributed by atoms with E-state index in [2.05, 4.69) is 32.9 Å². The fraction of sp³-hybridized carbons (Fsp3) is 0.667. The molecule has 0 saturated heterocycles. The molecule has 1 saturated carbocycles. The van der Waals surface area contributed by atoms with E-state index in [9.17, 15) is 5.11 Å². The fourth-order valence-corrected chi connectivity index (χ4v) is 2.53. The van der Waals surface area contributed by atoms with Crippen molar-refractivity contribution in [3.8, 4) is 0 Å². The Morgan fingerprint density at radius 2 is 1.85 bits per heavy atom. The third-order valence-electron chi connectivity index (χ3n) is 4.33. The zero-order valence-electron chi connectivity index (χ0n) is 13.1. The number of rotatable bonds is 6. The zero-order chi connectivity index (χ0) is 14.6. The van der Waals surface area contributed by atoms with E-state index in [1.165, 1.54) is 24.8 Å². The molecule has 1 aliphatic rings. The van der Waals surface area contributed by atoms with Crippen molar-refractivity contribution in [3.05, 3.63) is 35.4 Å². The number of aliphatic hydroxyl groups is 1. The molecular formula is C18H28O2. The highest BCUT2D eigenvalue weighted by Gasteiger charge is 2.17. The minimum Gasteiger partial charge on any atom is -0.386 e. The monoisotopic (exact) mass is 276 g/mol. The summed E-state index contributed by atoms with van der Waals surface area (Å²) >= 11 is 0. The lowest BCUT2D eigenvalue weighted by Gasteiger charge is -2.25. The normalized spacial score (nSPS) is 17.8. The van der Waals surface area contributed by atoms with Gasteiger partial charge in [-0.3, -0.25) is 0 Å². The van der Waals surface area contributed by atoms with Crippen molar-refractivity contribution in [1.82, 2.24) is 0 Å². The van der Waals surface area contributed by atoms with E-state index in [-0.39, 0.29) is 5.41 Å². The van der Waals surface area contributed by atoms with Crippen molar-refractivity contribution in [2.45, 2.75) is 58.0 Å². The van der Waals surface area contributed by atoms with E-state index in [4.69, 9.17) is 4.74 Å². The van der Waals surface area contributed by atoms with Crippen LogP contribution in [0, 0.1) is 5.92 Å². The molecular weight excluding hydrogens is 248 g/mol. The maximum absolute atomic E-state index is 10.1. The van der Waals surface area contributed by atoms with Gasteiger partial charge in [0.2, 0.25) is 0 Å². The summed E-state index contributed by atoms with van der Waals surface area (Å²) in [4.78, 5) is 0. The molecule has 0 aliphatic heterocycles. The van der Waals surface area contributed by atoms with Gasteiger partial charge in [-0.05, 0) is 28.9 Å². The van der Waals surface area contributed by atoms with Gasteiger partial charge in [-0.15, -0.1) is 0 Å². The van der Waals surface area contributed by atoms with E-state index in [0.717, 1.165) is 24.5 Å². The Bertz CT molecular complexity index is 398. The highest BCUT2D eigenvalue weighted by atomic mass is 16.5. The molecule has 2 rings (SSSR count). The topological polar surface area (TPSA) is 29.5 Å². The van der Waals surface area contributed by atoms with Crippen molar-refractivity contribution >= 4 is 0 Å². The molecule has 1 N–H and O–H groups in total.